The summed E-state index contributed by atoms with van der Waals surface area (Å²) in [6, 6.07) is 17.8. The highest BCUT2D eigenvalue weighted by molar-refractivity contribution is 6.00. The van der Waals surface area contributed by atoms with Crippen molar-refractivity contribution >= 4 is 34.1 Å². The molecule has 0 heterocycles. The van der Waals surface area contributed by atoms with Crippen molar-refractivity contribution in [2.45, 2.75) is 12.8 Å². The van der Waals surface area contributed by atoms with E-state index >= 15 is 0 Å². The first-order valence-corrected chi connectivity index (χ1v) is 8.47. The molecule has 0 aliphatic heterocycles. The van der Waals surface area contributed by atoms with E-state index in [9.17, 15) is 14.7 Å². The van der Waals surface area contributed by atoms with Crippen LogP contribution >= 0.6 is 0 Å². The van der Waals surface area contributed by atoms with E-state index in [1.54, 1.807) is 24.3 Å². The van der Waals surface area contributed by atoms with Crippen LogP contribution < -0.4 is 5.32 Å². The fourth-order valence-corrected chi connectivity index (χ4v) is 2.88. The number of aryl methyl sites for hydroxylation is 1. The lowest BCUT2D eigenvalue weighted by Crippen LogP contribution is -2.15. The molecule has 0 fully saturated rings. The van der Waals surface area contributed by atoms with Crippen molar-refractivity contribution in [2.75, 3.05) is 5.32 Å². The average Bonchev–Trinajstić information content (AvgIpc) is 2.66. The van der Waals surface area contributed by atoms with Gasteiger partial charge in [-0.2, -0.15) is 0 Å². The van der Waals surface area contributed by atoms with Gasteiger partial charge in [-0.25, -0.2) is 4.79 Å². The van der Waals surface area contributed by atoms with Crippen LogP contribution in [0, 0.1) is 0 Å². The van der Waals surface area contributed by atoms with Crippen molar-refractivity contribution in [3.63, 3.8) is 0 Å². The van der Waals surface area contributed by atoms with Crippen molar-refractivity contribution in [1.29, 1.82) is 0 Å². The minimum atomic E-state index is -1.08. The van der Waals surface area contributed by atoms with Crippen LogP contribution in [0.25, 0.3) is 16.5 Å². The molecule has 0 spiro atoms. The van der Waals surface area contributed by atoms with Crippen LogP contribution in [0.2, 0.25) is 0 Å². The van der Waals surface area contributed by atoms with Crippen molar-refractivity contribution in [3.05, 3.63) is 83.9 Å². The number of carbonyl (C=O) groups is 2. The van der Waals surface area contributed by atoms with Crippen molar-refractivity contribution < 1.29 is 19.8 Å². The zero-order valence-electron chi connectivity index (χ0n) is 14.6. The average molecular weight is 361 g/mol. The van der Waals surface area contributed by atoms with Gasteiger partial charge in [-0.15, -0.1) is 0 Å². The summed E-state index contributed by atoms with van der Waals surface area (Å²) in [5, 5.41) is 23.3. The van der Waals surface area contributed by atoms with Gasteiger partial charge in [0.05, 0.1) is 11.3 Å². The Hall–Kier alpha value is -3.60. The number of carboxylic acids is 1. The molecule has 0 aliphatic rings. The molecule has 0 saturated carbocycles. The van der Waals surface area contributed by atoms with Crippen LogP contribution in [-0.4, -0.2) is 22.1 Å². The van der Waals surface area contributed by atoms with Gasteiger partial charge in [0.1, 0.15) is 5.76 Å². The van der Waals surface area contributed by atoms with Gasteiger partial charge in [-0.1, -0.05) is 49.0 Å². The lowest BCUT2D eigenvalue weighted by Gasteiger charge is -2.09. The highest BCUT2D eigenvalue weighted by Crippen LogP contribution is 2.21. The fraction of sp³-hybridized carbons (Fsp3) is 0.0909. The number of aliphatic hydroxyl groups excluding tert-OH is 1. The van der Waals surface area contributed by atoms with E-state index in [-0.39, 0.29) is 23.7 Å². The summed E-state index contributed by atoms with van der Waals surface area (Å²) < 4.78 is 0. The maximum Gasteiger partial charge on any atom is 0.337 e. The number of hydrogen-bond donors (Lipinski definition) is 3. The Kier molecular flexibility index (Phi) is 5.22. The topological polar surface area (TPSA) is 86.6 Å². The van der Waals surface area contributed by atoms with Crippen LogP contribution in [0.1, 0.15) is 27.9 Å². The normalized spacial score (nSPS) is 10.5. The number of aliphatic hydroxyl groups is 1. The van der Waals surface area contributed by atoms with Gasteiger partial charge in [-0.05, 0) is 41.0 Å². The number of benzene rings is 3. The van der Waals surface area contributed by atoms with E-state index in [1.807, 2.05) is 30.3 Å². The number of anilines is 1. The van der Waals surface area contributed by atoms with Crippen LogP contribution in [-0.2, 0) is 11.2 Å². The number of fused-ring (bicyclic) bond motifs is 1. The van der Waals surface area contributed by atoms with Gasteiger partial charge >= 0.3 is 5.97 Å². The second-order valence-corrected chi connectivity index (χ2v) is 6.24. The number of carboxylic acid groups (broad SMARTS) is 1. The third-order valence-electron chi connectivity index (χ3n) is 4.31. The van der Waals surface area contributed by atoms with Gasteiger partial charge in [0.15, 0.2) is 0 Å². The van der Waals surface area contributed by atoms with Gasteiger partial charge in [-0.3, -0.25) is 4.79 Å². The zero-order chi connectivity index (χ0) is 19.4. The molecule has 0 saturated heterocycles. The number of carbonyl (C=O) groups excluding carboxylic acids is 1. The first-order valence-electron chi connectivity index (χ1n) is 8.47. The standard InChI is InChI=1S/C22H19NO4/c1-14(24)16-9-10-17-12-15(6-8-18(17)13-16)7-11-21(25)23-20-5-3-2-4-19(20)22(26)27/h2-6,8-10,12-13,24H,1,7,11H2,(H,23,25)(H,26,27). The molecule has 1 amide bonds. The van der Waals surface area contributed by atoms with E-state index in [1.165, 1.54) is 6.07 Å². The molecule has 0 bridgehead atoms. The molecule has 27 heavy (non-hydrogen) atoms. The molecule has 5 nitrogen and oxygen atoms in total. The summed E-state index contributed by atoms with van der Waals surface area (Å²) in [5.41, 5.74) is 2.04. The molecule has 3 aromatic rings. The van der Waals surface area contributed by atoms with E-state index in [0.717, 1.165) is 16.3 Å². The quantitative estimate of drug-likeness (QED) is 0.558. The van der Waals surface area contributed by atoms with E-state index in [4.69, 9.17) is 5.11 Å². The Labute approximate surface area is 156 Å². The molecular formula is C22H19NO4. The largest absolute Gasteiger partial charge is 0.508 e. The van der Waals surface area contributed by atoms with Crippen molar-refractivity contribution in [1.82, 2.24) is 0 Å². The Morgan fingerprint density at radius 2 is 1.63 bits per heavy atom. The number of rotatable bonds is 6. The molecule has 0 unspecified atom stereocenters. The van der Waals surface area contributed by atoms with Crippen LogP contribution in [0.3, 0.4) is 0 Å². The number of hydrogen-bond acceptors (Lipinski definition) is 3. The Morgan fingerprint density at radius 1 is 0.926 bits per heavy atom. The molecule has 3 rings (SSSR count). The highest BCUT2D eigenvalue weighted by atomic mass is 16.4. The minimum Gasteiger partial charge on any atom is -0.508 e. The van der Waals surface area contributed by atoms with Crippen molar-refractivity contribution in [2.24, 2.45) is 0 Å². The molecule has 3 aromatic carbocycles. The van der Waals surface area contributed by atoms with Gasteiger partial charge in [0.2, 0.25) is 5.91 Å². The first-order chi connectivity index (χ1) is 12.9. The van der Waals surface area contributed by atoms with Crippen LogP contribution in [0.5, 0.6) is 0 Å². The fourth-order valence-electron chi connectivity index (χ4n) is 2.88. The smallest absolute Gasteiger partial charge is 0.337 e. The molecule has 5 heteroatoms. The Balaban J connectivity index is 1.68. The Bertz CT molecular complexity index is 1040. The van der Waals surface area contributed by atoms with Gasteiger partial charge in [0.25, 0.3) is 0 Å². The van der Waals surface area contributed by atoms with E-state index in [0.29, 0.717) is 17.7 Å². The Morgan fingerprint density at radius 3 is 2.37 bits per heavy atom. The summed E-state index contributed by atoms with van der Waals surface area (Å²) in [6.07, 6.45) is 0.774. The summed E-state index contributed by atoms with van der Waals surface area (Å²) in [5.74, 6) is -1.29. The second kappa shape index (κ2) is 7.74. The first kappa shape index (κ1) is 18.2. The SMILES string of the molecule is C=C(O)c1ccc2cc(CCC(=O)Nc3ccccc3C(=O)O)ccc2c1. The molecular weight excluding hydrogens is 342 g/mol. The second-order valence-electron chi connectivity index (χ2n) is 6.24. The predicted octanol–water partition coefficient (Wildman–Crippen LogP) is 4.64. The maximum absolute atomic E-state index is 12.2. The lowest BCUT2D eigenvalue weighted by molar-refractivity contribution is -0.116. The third kappa shape index (κ3) is 4.33. The summed E-state index contributed by atoms with van der Waals surface area (Å²) in [7, 11) is 0. The lowest BCUT2D eigenvalue weighted by atomic mass is 10.0. The molecule has 3 N–H and O–H groups in total. The maximum atomic E-state index is 12.2. The third-order valence-corrected chi connectivity index (χ3v) is 4.31. The minimum absolute atomic E-state index is 0.0271. The van der Waals surface area contributed by atoms with Gasteiger partial charge in [0, 0.05) is 12.0 Å². The molecule has 0 atom stereocenters. The summed E-state index contributed by atoms with van der Waals surface area (Å²) >= 11 is 0. The van der Waals surface area contributed by atoms with E-state index in [2.05, 4.69) is 11.9 Å². The molecule has 0 aromatic heterocycles. The molecule has 136 valence electrons. The number of amides is 1. The number of aromatic carboxylic acids is 1. The number of nitrogens with one attached hydrogen (secondary N) is 1. The number of para-hydroxylation sites is 1. The van der Waals surface area contributed by atoms with Crippen LogP contribution in [0.4, 0.5) is 5.69 Å². The van der Waals surface area contributed by atoms with E-state index < -0.39 is 5.97 Å². The monoisotopic (exact) mass is 361 g/mol. The summed E-state index contributed by atoms with van der Waals surface area (Å²) in [6.45, 7) is 3.52. The molecule has 0 aliphatic carbocycles. The van der Waals surface area contributed by atoms with Crippen LogP contribution in [0.15, 0.2) is 67.2 Å². The summed E-state index contributed by atoms with van der Waals surface area (Å²) in [4.78, 5) is 23.4. The highest BCUT2D eigenvalue weighted by Gasteiger charge is 2.11. The van der Waals surface area contributed by atoms with Crippen molar-refractivity contribution in [3.8, 4) is 0 Å². The predicted molar refractivity (Wildman–Crippen MR) is 106 cm³/mol. The van der Waals surface area contributed by atoms with Gasteiger partial charge < -0.3 is 15.5 Å². The zero-order valence-corrected chi connectivity index (χ0v) is 14.6. The molecule has 0 radical (unpaired) electrons.